The highest BCUT2D eigenvalue weighted by atomic mass is 35.5. The normalized spacial score (nSPS) is 12.0. The molecule has 1 heterocycles. The van der Waals surface area contributed by atoms with Crippen molar-refractivity contribution < 1.29 is 21.3 Å². The van der Waals surface area contributed by atoms with E-state index in [1.54, 1.807) is 12.1 Å². The van der Waals surface area contributed by atoms with Crippen molar-refractivity contribution in [1.82, 2.24) is 4.98 Å². The summed E-state index contributed by atoms with van der Waals surface area (Å²) < 4.78 is 60.4. The molecule has 31 heavy (non-hydrogen) atoms. The third-order valence-corrected chi connectivity index (χ3v) is 7.17. The van der Waals surface area contributed by atoms with E-state index in [-0.39, 0.29) is 26.7 Å². The molecule has 0 amide bonds. The van der Waals surface area contributed by atoms with Gasteiger partial charge in [0.05, 0.1) is 26.7 Å². The van der Waals surface area contributed by atoms with Gasteiger partial charge in [-0.05, 0) is 48.5 Å². The van der Waals surface area contributed by atoms with Gasteiger partial charge in [-0.1, -0.05) is 23.7 Å². The number of hydrogen-bond acceptors (Lipinski definition) is 6. The fourth-order valence-corrected chi connectivity index (χ4v) is 5.15. The van der Waals surface area contributed by atoms with Crippen molar-refractivity contribution in [2.75, 3.05) is 9.44 Å². The van der Waals surface area contributed by atoms with Gasteiger partial charge >= 0.3 is 5.76 Å². The predicted octanol–water partition coefficient (Wildman–Crippen LogP) is 3.38. The van der Waals surface area contributed by atoms with Crippen LogP contribution in [-0.2, 0) is 20.0 Å². The molecule has 4 rings (SSSR count). The van der Waals surface area contributed by atoms with Gasteiger partial charge in [-0.15, -0.1) is 0 Å². The molecule has 0 aliphatic carbocycles. The number of hydrogen-bond donors (Lipinski definition) is 3. The Labute approximate surface area is 181 Å². The number of anilines is 2. The van der Waals surface area contributed by atoms with Crippen LogP contribution in [0.4, 0.5) is 11.4 Å². The van der Waals surface area contributed by atoms with Crippen LogP contribution >= 0.6 is 11.6 Å². The van der Waals surface area contributed by atoms with E-state index in [0.29, 0.717) is 10.5 Å². The molecular weight excluding hydrogens is 466 g/mol. The van der Waals surface area contributed by atoms with Gasteiger partial charge in [0.1, 0.15) is 0 Å². The highest BCUT2D eigenvalue weighted by molar-refractivity contribution is 7.93. The van der Waals surface area contributed by atoms with E-state index in [9.17, 15) is 21.6 Å². The highest BCUT2D eigenvalue weighted by Crippen LogP contribution is 2.24. The van der Waals surface area contributed by atoms with Gasteiger partial charge in [0.15, 0.2) is 5.58 Å². The van der Waals surface area contributed by atoms with Gasteiger partial charge in [-0.3, -0.25) is 14.4 Å². The van der Waals surface area contributed by atoms with E-state index in [2.05, 4.69) is 14.4 Å². The van der Waals surface area contributed by atoms with Gasteiger partial charge in [0.2, 0.25) is 0 Å². The standard InChI is InChI=1S/C19H14ClN3O6S2/c20-12-3-1-4-13(9-12)22-30(25,26)15-6-2-5-14(10-15)23-31(27,28)16-7-8-17-18(11-16)29-19(24)21-17/h1-11,22-23H,(H,21,24). The molecule has 160 valence electrons. The molecule has 0 fully saturated rings. The van der Waals surface area contributed by atoms with E-state index in [4.69, 9.17) is 16.0 Å². The molecule has 1 aromatic heterocycles. The minimum absolute atomic E-state index is 0.0320. The average molecular weight is 480 g/mol. The van der Waals surface area contributed by atoms with Gasteiger partial charge < -0.3 is 4.42 Å². The maximum absolute atomic E-state index is 12.7. The monoisotopic (exact) mass is 479 g/mol. The summed E-state index contributed by atoms with van der Waals surface area (Å²) >= 11 is 5.88. The van der Waals surface area contributed by atoms with E-state index in [1.165, 1.54) is 54.6 Å². The summed E-state index contributed by atoms with van der Waals surface area (Å²) in [5, 5.41) is 0.358. The molecule has 0 saturated heterocycles. The van der Waals surface area contributed by atoms with Crippen LogP contribution in [0.3, 0.4) is 0 Å². The summed E-state index contributed by atoms with van der Waals surface area (Å²) in [5.74, 6) is -0.706. The van der Waals surface area contributed by atoms with E-state index < -0.39 is 25.8 Å². The Morgan fingerprint density at radius 3 is 2.06 bits per heavy atom. The number of fused-ring (bicyclic) bond motifs is 1. The molecule has 9 nitrogen and oxygen atoms in total. The zero-order chi connectivity index (χ0) is 22.2. The lowest BCUT2D eigenvalue weighted by atomic mass is 10.3. The zero-order valence-electron chi connectivity index (χ0n) is 15.5. The number of nitrogens with one attached hydrogen (secondary N) is 3. The van der Waals surface area contributed by atoms with Gasteiger partial charge in [0, 0.05) is 11.1 Å². The molecule has 0 bridgehead atoms. The second-order valence-corrected chi connectivity index (χ2v) is 10.2. The topological polar surface area (TPSA) is 138 Å². The van der Waals surface area contributed by atoms with Crippen molar-refractivity contribution in [2.45, 2.75) is 9.79 Å². The van der Waals surface area contributed by atoms with Crippen LogP contribution in [0.1, 0.15) is 0 Å². The summed E-state index contributed by atoms with van der Waals surface area (Å²) in [6.07, 6.45) is 0. The number of oxazole rings is 1. The van der Waals surface area contributed by atoms with Crippen LogP contribution in [0, 0.1) is 0 Å². The minimum Gasteiger partial charge on any atom is -0.408 e. The fraction of sp³-hybridized carbons (Fsp3) is 0. The molecule has 0 aliphatic rings. The summed E-state index contributed by atoms with van der Waals surface area (Å²) in [7, 11) is -8.08. The number of aromatic nitrogens is 1. The van der Waals surface area contributed by atoms with E-state index in [1.807, 2.05) is 0 Å². The Morgan fingerprint density at radius 1 is 0.774 bits per heavy atom. The quantitative estimate of drug-likeness (QED) is 0.387. The number of H-pyrrole nitrogens is 1. The molecule has 3 aromatic carbocycles. The largest absolute Gasteiger partial charge is 0.417 e. The number of rotatable bonds is 6. The van der Waals surface area contributed by atoms with E-state index >= 15 is 0 Å². The lowest BCUT2D eigenvalue weighted by Gasteiger charge is -2.11. The third-order valence-electron chi connectivity index (χ3n) is 4.18. The fourth-order valence-electron chi connectivity index (χ4n) is 2.80. The van der Waals surface area contributed by atoms with Crippen LogP contribution < -0.4 is 15.2 Å². The van der Waals surface area contributed by atoms with Crippen molar-refractivity contribution in [2.24, 2.45) is 0 Å². The first-order valence-electron chi connectivity index (χ1n) is 8.67. The second-order valence-electron chi connectivity index (χ2n) is 6.42. The van der Waals surface area contributed by atoms with Crippen LogP contribution in [0.15, 0.2) is 85.7 Å². The number of benzene rings is 3. The summed E-state index contributed by atoms with van der Waals surface area (Å²) in [6, 6.07) is 15.4. The highest BCUT2D eigenvalue weighted by Gasteiger charge is 2.19. The van der Waals surface area contributed by atoms with Gasteiger partial charge in [0.25, 0.3) is 20.0 Å². The Morgan fingerprint density at radius 2 is 1.39 bits per heavy atom. The predicted molar refractivity (Wildman–Crippen MR) is 116 cm³/mol. The Kier molecular flexibility index (Phi) is 5.25. The van der Waals surface area contributed by atoms with Crippen molar-refractivity contribution in [1.29, 1.82) is 0 Å². The first-order chi connectivity index (χ1) is 14.6. The number of sulfonamides is 2. The van der Waals surface area contributed by atoms with Crippen LogP contribution in [-0.4, -0.2) is 21.8 Å². The molecule has 0 unspecified atom stereocenters. The number of aromatic amines is 1. The maximum Gasteiger partial charge on any atom is 0.417 e. The van der Waals surface area contributed by atoms with Crippen LogP contribution in [0.2, 0.25) is 5.02 Å². The molecule has 0 radical (unpaired) electrons. The smallest absolute Gasteiger partial charge is 0.408 e. The molecule has 0 spiro atoms. The SMILES string of the molecule is O=c1[nH]c2ccc(S(=O)(=O)Nc3cccc(S(=O)(=O)Nc4cccc(Cl)c4)c3)cc2o1. The third kappa shape index (κ3) is 4.58. The minimum atomic E-state index is -4.08. The molecule has 0 saturated carbocycles. The van der Waals surface area contributed by atoms with Gasteiger partial charge in [-0.2, -0.15) is 0 Å². The van der Waals surface area contributed by atoms with Crippen molar-refractivity contribution in [3.63, 3.8) is 0 Å². The first kappa shape index (κ1) is 21.0. The molecule has 4 aromatic rings. The molecule has 3 N–H and O–H groups in total. The maximum atomic E-state index is 12.7. The average Bonchev–Trinajstić information content (AvgIpc) is 3.07. The summed E-state index contributed by atoms with van der Waals surface area (Å²) in [6.45, 7) is 0. The van der Waals surface area contributed by atoms with Crippen molar-refractivity contribution >= 4 is 54.1 Å². The zero-order valence-corrected chi connectivity index (χ0v) is 17.9. The molecular formula is C19H14ClN3O6S2. The molecule has 12 heteroatoms. The van der Waals surface area contributed by atoms with Crippen LogP contribution in [0.5, 0.6) is 0 Å². The molecule has 0 aliphatic heterocycles. The lowest BCUT2D eigenvalue weighted by molar-refractivity contribution is 0.554. The summed E-state index contributed by atoms with van der Waals surface area (Å²) in [4.78, 5) is 13.4. The van der Waals surface area contributed by atoms with Crippen molar-refractivity contribution in [3.8, 4) is 0 Å². The number of halogens is 1. The van der Waals surface area contributed by atoms with Gasteiger partial charge in [-0.25, -0.2) is 21.6 Å². The molecule has 0 atom stereocenters. The first-order valence-corrected chi connectivity index (χ1v) is 12.0. The Balaban J connectivity index is 1.62. The van der Waals surface area contributed by atoms with Crippen LogP contribution in [0.25, 0.3) is 11.1 Å². The second kappa shape index (κ2) is 7.76. The van der Waals surface area contributed by atoms with Crippen molar-refractivity contribution in [3.05, 3.63) is 82.3 Å². The lowest BCUT2D eigenvalue weighted by Crippen LogP contribution is -2.15. The summed E-state index contributed by atoms with van der Waals surface area (Å²) in [5.41, 5.74) is 0.725. The van der Waals surface area contributed by atoms with E-state index in [0.717, 1.165) is 0 Å². The Bertz CT molecular complexity index is 1560. The Hall–Kier alpha value is -3.28.